The molecule has 2 atom stereocenters. The van der Waals surface area contributed by atoms with Crippen LogP contribution in [0.25, 0.3) is 0 Å². The Hall–Kier alpha value is -1.10. The first kappa shape index (κ1) is 26.9. The zero-order valence-electron chi connectivity index (χ0n) is 18.9. The predicted octanol–water partition coefficient (Wildman–Crippen LogP) is 3.06. The second-order valence-electron chi connectivity index (χ2n) is 7.46. The summed E-state index contributed by atoms with van der Waals surface area (Å²) in [5.41, 5.74) is 1.22. The first-order valence-electron chi connectivity index (χ1n) is 10.7. The first-order chi connectivity index (χ1) is 14.1. The molecule has 1 aromatic carbocycles. The Morgan fingerprint density at radius 2 is 2.03 bits per heavy atom. The molecule has 1 aliphatic heterocycles. The molecule has 2 rings (SSSR count). The van der Waals surface area contributed by atoms with Gasteiger partial charge in [0.2, 0.25) is 0 Å². The maximum Gasteiger partial charge on any atom is 0.191 e. The lowest BCUT2D eigenvalue weighted by Crippen LogP contribution is -2.38. The van der Waals surface area contributed by atoms with E-state index < -0.39 is 0 Å². The van der Waals surface area contributed by atoms with E-state index >= 15 is 0 Å². The van der Waals surface area contributed by atoms with Crippen LogP contribution < -0.4 is 15.4 Å². The Morgan fingerprint density at radius 3 is 2.63 bits per heavy atom. The van der Waals surface area contributed by atoms with Gasteiger partial charge in [-0.3, -0.25) is 4.99 Å². The molecule has 1 aromatic rings. The summed E-state index contributed by atoms with van der Waals surface area (Å²) in [7, 11) is 5.84. The van der Waals surface area contributed by atoms with Crippen molar-refractivity contribution in [2.75, 3.05) is 60.7 Å². The van der Waals surface area contributed by atoms with E-state index in [0.717, 1.165) is 57.3 Å². The summed E-state index contributed by atoms with van der Waals surface area (Å²) in [5, 5.41) is 6.72. The van der Waals surface area contributed by atoms with Crippen molar-refractivity contribution in [1.29, 1.82) is 0 Å². The molecule has 0 saturated carbocycles. The predicted molar refractivity (Wildman–Crippen MR) is 133 cm³/mol. The maximum absolute atomic E-state index is 5.72. The third-order valence-electron chi connectivity index (χ3n) is 4.98. The highest BCUT2D eigenvalue weighted by Crippen LogP contribution is 2.21. The summed E-state index contributed by atoms with van der Waals surface area (Å²) in [6.45, 7) is 6.73. The number of guanidine groups is 1. The quantitative estimate of drug-likeness (QED) is 0.186. The Balaban J connectivity index is 0.00000450. The fourth-order valence-electron chi connectivity index (χ4n) is 3.28. The number of nitrogens with zero attached hydrogens (tertiary/aromatic N) is 2. The number of hydrogen-bond acceptors (Lipinski definition) is 5. The molecule has 0 spiro atoms. The van der Waals surface area contributed by atoms with Crippen molar-refractivity contribution >= 4 is 29.9 Å². The van der Waals surface area contributed by atoms with Gasteiger partial charge in [-0.15, -0.1) is 24.0 Å². The van der Waals surface area contributed by atoms with E-state index in [1.165, 1.54) is 5.56 Å². The van der Waals surface area contributed by atoms with Gasteiger partial charge in [0.15, 0.2) is 5.96 Å². The molecule has 7 nitrogen and oxygen atoms in total. The average molecular weight is 534 g/mol. The summed E-state index contributed by atoms with van der Waals surface area (Å²) in [5.74, 6) is 1.71. The van der Waals surface area contributed by atoms with Crippen LogP contribution in [-0.2, 0) is 9.47 Å². The largest absolute Gasteiger partial charge is 0.497 e. The monoisotopic (exact) mass is 534 g/mol. The van der Waals surface area contributed by atoms with Gasteiger partial charge >= 0.3 is 0 Å². The molecule has 0 amide bonds. The number of rotatable bonds is 12. The van der Waals surface area contributed by atoms with E-state index in [1.807, 2.05) is 12.1 Å². The normalized spacial score (nSPS) is 17.5. The minimum absolute atomic E-state index is 0. The van der Waals surface area contributed by atoms with Gasteiger partial charge in [-0.25, -0.2) is 0 Å². The highest BCUT2D eigenvalue weighted by atomic mass is 127. The zero-order valence-corrected chi connectivity index (χ0v) is 21.2. The van der Waals surface area contributed by atoms with Gasteiger partial charge < -0.3 is 29.7 Å². The van der Waals surface area contributed by atoms with Crippen LogP contribution in [0.4, 0.5) is 0 Å². The van der Waals surface area contributed by atoms with Crippen LogP contribution in [0.1, 0.15) is 37.8 Å². The highest BCUT2D eigenvalue weighted by molar-refractivity contribution is 14.0. The van der Waals surface area contributed by atoms with Gasteiger partial charge in [0.05, 0.1) is 32.4 Å². The standard InChI is InChI=1S/C22H38N4O3.HI/c1-5-23-22(24-13-7-14-28-17-20-8-6-15-29-20)25-16-21(26(2)3)18-9-11-19(27-4)12-10-18;/h9-12,20-21H,5-8,13-17H2,1-4H3,(H2,23,24,25);1H. The van der Waals surface area contributed by atoms with Crippen molar-refractivity contribution in [2.24, 2.45) is 4.99 Å². The van der Waals surface area contributed by atoms with Crippen LogP contribution >= 0.6 is 24.0 Å². The summed E-state index contributed by atoms with van der Waals surface area (Å²) in [4.78, 5) is 6.98. The molecular formula is C22H39IN4O3. The molecule has 0 bridgehead atoms. The third kappa shape index (κ3) is 9.80. The Bertz CT molecular complexity index is 593. The number of benzene rings is 1. The van der Waals surface area contributed by atoms with Crippen LogP contribution in [0, 0.1) is 0 Å². The van der Waals surface area contributed by atoms with Crippen molar-refractivity contribution in [1.82, 2.24) is 15.5 Å². The van der Waals surface area contributed by atoms with Crippen LogP contribution in [0.15, 0.2) is 29.3 Å². The molecule has 2 unspecified atom stereocenters. The summed E-state index contributed by atoms with van der Waals surface area (Å²) < 4.78 is 16.6. The molecule has 0 radical (unpaired) electrons. The average Bonchev–Trinajstić information content (AvgIpc) is 3.24. The SMILES string of the molecule is CCNC(=NCC(c1ccc(OC)cc1)N(C)C)NCCCOCC1CCCO1.I. The Kier molecular flexibility index (Phi) is 14.1. The number of hydrogen-bond donors (Lipinski definition) is 2. The van der Waals surface area contributed by atoms with Gasteiger partial charge in [-0.05, 0) is 58.0 Å². The smallest absolute Gasteiger partial charge is 0.191 e. The van der Waals surface area contributed by atoms with E-state index in [0.29, 0.717) is 19.3 Å². The van der Waals surface area contributed by atoms with E-state index in [-0.39, 0.29) is 30.0 Å². The van der Waals surface area contributed by atoms with Crippen molar-refractivity contribution < 1.29 is 14.2 Å². The van der Waals surface area contributed by atoms with Gasteiger partial charge in [0, 0.05) is 26.3 Å². The highest BCUT2D eigenvalue weighted by Gasteiger charge is 2.15. The lowest BCUT2D eigenvalue weighted by Gasteiger charge is -2.24. The van der Waals surface area contributed by atoms with E-state index in [4.69, 9.17) is 19.2 Å². The van der Waals surface area contributed by atoms with E-state index in [2.05, 4.69) is 48.7 Å². The first-order valence-corrected chi connectivity index (χ1v) is 10.7. The molecule has 30 heavy (non-hydrogen) atoms. The number of aliphatic imine (C=N–C) groups is 1. The number of methoxy groups -OCH3 is 1. The van der Waals surface area contributed by atoms with Gasteiger partial charge in [-0.2, -0.15) is 0 Å². The maximum atomic E-state index is 5.72. The Labute approximate surface area is 199 Å². The number of halogens is 1. The van der Waals surface area contributed by atoms with Gasteiger partial charge in [-0.1, -0.05) is 12.1 Å². The number of nitrogens with one attached hydrogen (secondary N) is 2. The summed E-state index contributed by atoms with van der Waals surface area (Å²) >= 11 is 0. The van der Waals surface area contributed by atoms with Crippen LogP contribution in [0.3, 0.4) is 0 Å². The molecule has 2 N–H and O–H groups in total. The fraction of sp³-hybridized carbons (Fsp3) is 0.682. The second kappa shape index (κ2) is 15.7. The van der Waals surface area contributed by atoms with Crippen molar-refractivity contribution in [3.8, 4) is 5.75 Å². The van der Waals surface area contributed by atoms with Crippen LogP contribution in [-0.4, -0.2) is 77.6 Å². The van der Waals surface area contributed by atoms with Crippen LogP contribution in [0.2, 0.25) is 0 Å². The van der Waals surface area contributed by atoms with E-state index in [1.54, 1.807) is 7.11 Å². The lowest BCUT2D eigenvalue weighted by atomic mass is 10.1. The van der Waals surface area contributed by atoms with Gasteiger partial charge in [0.1, 0.15) is 5.75 Å². The zero-order chi connectivity index (χ0) is 20.9. The van der Waals surface area contributed by atoms with E-state index in [9.17, 15) is 0 Å². The molecule has 1 fully saturated rings. The third-order valence-corrected chi connectivity index (χ3v) is 4.98. The molecule has 0 aliphatic carbocycles. The molecule has 172 valence electrons. The second-order valence-corrected chi connectivity index (χ2v) is 7.46. The molecule has 8 heteroatoms. The van der Waals surface area contributed by atoms with Crippen molar-refractivity contribution in [3.05, 3.63) is 29.8 Å². The van der Waals surface area contributed by atoms with Crippen LogP contribution in [0.5, 0.6) is 5.75 Å². The minimum atomic E-state index is 0. The molecule has 1 heterocycles. The molecule has 1 aliphatic rings. The van der Waals surface area contributed by atoms with Crippen molar-refractivity contribution in [2.45, 2.75) is 38.3 Å². The molecular weight excluding hydrogens is 495 g/mol. The lowest BCUT2D eigenvalue weighted by molar-refractivity contribution is 0.0168. The topological polar surface area (TPSA) is 67.4 Å². The van der Waals surface area contributed by atoms with Gasteiger partial charge in [0.25, 0.3) is 0 Å². The minimum Gasteiger partial charge on any atom is -0.497 e. The fourth-order valence-corrected chi connectivity index (χ4v) is 3.28. The number of likely N-dealkylation sites (N-methyl/N-ethyl adjacent to an activating group) is 1. The molecule has 0 aromatic heterocycles. The molecule has 1 saturated heterocycles. The summed E-state index contributed by atoms with van der Waals surface area (Å²) in [6.07, 6.45) is 3.51. The van der Waals surface area contributed by atoms with Crippen molar-refractivity contribution in [3.63, 3.8) is 0 Å². The Morgan fingerprint density at radius 1 is 1.27 bits per heavy atom. The number of ether oxygens (including phenoxy) is 3. The summed E-state index contributed by atoms with van der Waals surface area (Å²) in [6, 6.07) is 8.40.